The summed E-state index contributed by atoms with van der Waals surface area (Å²) in [5, 5.41) is 7.18. The predicted molar refractivity (Wildman–Crippen MR) is 103 cm³/mol. The monoisotopic (exact) mass is 347 g/mol. The molecule has 0 bridgehead atoms. The van der Waals surface area contributed by atoms with Gasteiger partial charge >= 0.3 is 0 Å². The van der Waals surface area contributed by atoms with E-state index >= 15 is 0 Å². The van der Waals surface area contributed by atoms with Gasteiger partial charge in [-0.2, -0.15) is 0 Å². The lowest BCUT2D eigenvalue weighted by molar-refractivity contribution is -0.126. The highest BCUT2D eigenvalue weighted by Crippen LogP contribution is 2.17. The number of piperidine rings is 1. The summed E-state index contributed by atoms with van der Waals surface area (Å²) in [5.41, 5.74) is 1.22. The van der Waals surface area contributed by atoms with E-state index in [1.807, 2.05) is 18.2 Å². The molecule has 1 heterocycles. The van der Waals surface area contributed by atoms with Gasteiger partial charge in [0, 0.05) is 32.1 Å². The summed E-state index contributed by atoms with van der Waals surface area (Å²) in [6, 6.07) is 10.3. The molecule has 1 amide bonds. The van der Waals surface area contributed by atoms with Gasteiger partial charge in [-0.3, -0.25) is 4.79 Å². The Labute approximate surface area is 151 Å². The lowest BCUT2D eigenvalue weighted by Crippen LogP contribution is -2.46. The molecule has 0 aliphatic carbocycles. The van der Waals surface area contributed by atoms with E-state index in [2.05, 4.69) is 34.6 Å². The summed E-state index contributed by atoms with van der Waals surface area (Å²) in [6.45, 7) is 5.44. The maximum absolute atomic E-state index is 12.2. The van der Waals surface area contributed by atoms with Gasteiger partial charge in [0.25, 0.3) is 0 Å². The highest BCUT2D eigenvalue weighted by Gasteiger charge is 2.25. The van der Waals surface area contributed by atoms with Crippen molar-refractivity contribution in [2.24, 2.45) is 5.92 Å². The molecule has 0 atom stereocenters. The number of likely N-dealkylation sites (tertiary alicyclic amines) is 1. The third kappa shape index (κ3) is 6.11. The van der Waals surface area contributed by atoms with Gasteiger partial charge in [0.2, 0.25) is 5.91 Å². The second-order valence-electron chi connectivity index (χ2n) is 6.40. The first kappa shape index (κ1) is 18.7. The minimum Gasteiger partial charge on any atom is -0.358 e. The van der Waals surface area contributed by atoms with Crippen LogP contribution in [-0.4, -0.2) is 35.6 Å². The summed E-state index contributed by atoms with van der Waals surface area (Å²) in [5.74, 6) is 0.355. The lowest BCUT2D eigenvalue weighted by atomic mass is 9.96. The Kier molecular flexibility index (Phi) is 8.02. The fourth-order valence-electron chi connectivity index (χ4n) is 2.96. The molecule has 1 fully saturated rings. The fourth-order valence-corrected chi connectivity index (χ4v) is 3.22. The van der Waals surface area contributed by atoms with Crippen molar-refractivity contribution in [1.82, 2.24) is 15.5 Å². The van der Waals surface area contributed by atoms with Crippen LogP contribution in [0, 0.1) is 5.92 Å². The van der Waals surface area contributed by atoms with Crippen LogP contribution in [-0.2, 0) is 11.3 Å². The summed E-state index contributed by atoms with van der Waals surface area (Å²) < 4.78 is 0. The number of benzene rings is 1. The minimum atomic E-state index is 0.139. The van der Waals surface area contributed by atoms with Crippen molar-refractivity contribution in [3.05, 3.63) is 35.9 Å². The van der Waals surface area contributed by atoms with E-state index in [1.54, 1.807) is 0 Å². The Morgan fingerprint density at radius 3 is 2.54 bits per heavy atom. The number of hydrogen-bond donors (Lipinski definition) is 2. The molecular weight excluding hydrogens is 318 g/mol. The Morgan fingerprint density at radius 1 is 1.17 bits per heavy atom. The van der Waals surface area contributed by atoms with Crippen molar-refractivity contribution in [2.45, 2.75) is 45.6 Å². The Hall–Kier alpha value is -1.62. The number of carbonyl (C=O) groups is 1. The first-order chi connectivity index (χ1) is 11.7. The first-order valence-corrected chi connectivity index (χ1v) is 9.46. The average molecular weight is 348 g/mol. The fraction of sp³-hybridized carbons (Fsp3) is 0.579. The second-order valence-corrected chi connectivity index (χ2v) is 6.79. The molecule has 132 valence electrons. The van der Waals surface area contributed by atoms with E-state index in [-0.39, 0.29) is 11.8 Å². The highest BCUT2D eigenvalue weighted by atomic mass is 32.1. The van der Waals surface area contributed by atoms with Gasteiger partial charge in [0.05, 0.1) is 0 Å². The van der Waals surface area contributed by atoms with Crippen LogP contribution in [0.3, 0.4) is 0 Å². The first-order valence-electron chi connectivity index (χ1n) is 9.05. The van der Waals surface area contributed by atoms with Crippen LogP contribution in [0.15, 0.2) is 30.3 Å². The molecule has 24 heavy (non-hydrogen) atoms. The Balaban J connectivity index is 1.66. The zero-order valence-electron chi connectivity index (χ0n) is 14.6. The van der Waals surface area contributed by atoms with Gasteiger partial charge in [0.1, 0.15) is 0 Å². The van der Waals surface area contributed by atoms with E-state index in [0.29, 0.717) is 0 Å². The normalized spacial score (nSPS) is 15.1. The molecule has 1 aliphatic heterocycles. The predicted octanol–water partition coefficient (Wildman–Crippen LogP) is 3.08. The highest BCUT2D eigenvalue weighted by molar-refractivity contribution is 7.80. The van der Waals surface area contributed by atoms with Gasteiger partial charge < -0.3 is 15.5 Å². The molecule has 5 heteroatoms. The van der Waals surface area contributed by atoms with Crippen molar-refractivity contribution < 1.29 is 4.79 Å². The molecule has 1 aromatic carbocycles. The third-order valence-electron chi connectivity index (χ3n) is 4.52. The van der Waals surface area contributed by atoms with Crippen LogP contribution in [0.5, 0.6) is 0 Å². The van der Waals surface area contributed by atoms with Gasteiger partial charge in [-0.05, 0) is 37.0 Å². The van der Waals surface area contributed by atoms with Crippen molar-refractivity contribution in [3.63, 3.8) is 0 Å². The van der Waals surface area contributed by atoms with Crippen LogP contribution in [0.25, 0.3) is 0 Å². The van der Waals surface area contributed by atoms with Crippen LogP contribution < -0.4 is 10.6 Å². The summed E-state index contributed by atoms with van der Waals surface area (Å²) in [4.78, 5) is 14.4. The molecule has 0 aromatic heterocycles. The molecule has 4 nitrogen and oxygen atoms in total. The average Bonchev–Trinajstić information content (AvgIpc) is 2.64. The molecule has 0 spiro atoms. The summed E-state index contributed by atoms with van der Waals surface area (Å²) in [6.07, 6.45) is 5.20. The number of hydrogen-bond acceptors (Lipinski definition) is 2. The number of nitrogens with zero attached hydrogens (tertiary/aromatic N) is 1. The van der Waals surface area contributed by atoms with Crippen LogP contribution in [0.2, 0.25) is 0 Å². The number of rotatable bonds is 7. The lowest BCUT2D eigenvalue weighted by Gasteiger charge is -2.33. The van der Waals surface area contributed by atoms with E-state index in [0.717, 1.165) is 50.6 Å². The van der Waals surface area contributed by atoms with Crippen molar-refractivity contribution in [1.29, 1.82) is 0 Å². The van der Waals surface area contributed by atoms with Gasteiger partial charge in [-0.25, -0.2) is 0 Å². The largest absolute Gasteiger partial charge is 0.358 e. The smallest absolute Gasteiger partial charge is 0.223 e. The molecule has 0 radical (unpaired) electrons. The Morgan fingerprint density at radius 2 is 1.88 bits per heavy atom. The Bertz CT molecular complexity index is 513. The number of unbranched alkanes of at least 4 members (excludes halogenated alkanes) is 2. The van der Waals surface area contributed by atoms with Crippen molar-refractivity contribution >= 4 is 23.2 Å². The molecule has 2 N–H and O–H groups in total. The summed E-state index contributed by atoms with van der Waals surface area (Å²) in [7, 11) is 0. The minimum absolute atomic E-state index is 0.139. The standard InChI is InChI=1S/C19H29N3OS/c1-2-3-7-12-20-18(23)17-10-13-22(14-11-17)19(24)21-15-16-8-5-4-6-9-16/h4-6,8-9,17H,2-3,7,10-15H2,1H3,(H,20,23)(H,21,24). The summed E-state index contributed by atoms with van der Waals surface area (Å²) >= 11 is 5.49. The van der Waals surface area contributed by atoms with Crippen molar-refractivity contribution in [2.75, 3.05) is 19.6 Å². The van der Waals surface area contributed by atoms with E-state index in [9.17, 15) is 4.79 Å². The molecule has 0 saturated carbocycles. The topological polar surface area (TPSA) is 44.4 Å². The molecule has 1 aromatic rings. The maximum atomic E-state index is 12.2. The van der Waals surface area contributed by atoms with Gasteiger partial charge in [0.15, 0.2) is 5.11 Å². The van der Waals surface area contributed by atoms with E-state index < -0.39 is 0 Å². The number of nitrogens with one attached hydrogen (secondary N) is 2. The van der Waals surface area contributed by atoms with Gasteiger partial charge in [-0.1, -0.05) is 50.1 Å². The second kappa shape index (κ2) is 10.3. The number of amides is 1. The zero-order valence-corrected chi connectivity index (χ0v) is 15.4. The molecule has 2 rings (SSSR count). The van der Waals surface area contributed by atoms with Crippen LogP contribution in [0.1, 0.15) is 44.6 Å². The zero-order chi connectivity index (χ0) is 17.2. The molecule has 0 unspecified atom stereocenters. The van der Waals surface area contributed by atoms with E-state index in [1.165, 1.54) is 18.4 Å². The SMILES string of the molecule is CCCCCNC(=O)C1CCN(C(=S)NCc2ccccc2)CC1. The number of carbonyl (C=O) groups excluding carboxylic acids is 1. The maximum Gasteiger partial charge on any atom is 0.223 e. The third-order valence-corrected chi connectivity index (χ3v) is 4.92. The van der Waals surface area contributed by atoms with Crippen molar-refractivity contribution in [3.8, 4) is 0 Å². The van der Waals surface area contributed by atoms with Crippen LogP contribution >= 0.6 is 12.2 Å². The molecular formula is C19H29N3OS. The quantitative estimate of drug-likeness (QED) is 0.588. The van der Waals surface area contributed by atoms with E-state index in [4.69, 9.17) is 12.2 Å². The molecule has 1 aliphatic rings. The van der Waals surface area contributed by atoms with Gasteiger partial charge in [-0.15, -0.1) is 0 Å². The van der Waals surface area contributed by atoms with Crippen LogP contribution in [0.4, 0.5) is 0 Å². The molecule has 1 saturated heterocycles. The number of thiocarbonyl (C=S) groups is 1.